The predicted octanol–water partition coefficient (Wildman–Crippen LogP) is 1.91. The fraction of sp³-hybridized carbons (Fsp3) is 0.696. The number of carbonyl (C=O) groups excluding carboxylic acids is 1. The molecule has 0 unspecified atom stereocenters. The molecule has 8 heteroatoms. The summed E-state index contributed by atoms with van der Waals surface area (Å²) >= 11 is 0. The third-order valence-electron chi connectivity index (χ3n) is 6.31. The van der Waals surface area contributed by atoms with Crippen LogP contribution in [0.25, 0.3) is 0 Å². The highest BCUT2D eigenvalue weighted by Crippen LogP contribution is 2.25. The van der Waals surface area contributed by atoms with Gasteiger partial charge in [-0.25, -0.2) is 8.42 Å². The Morgan fingerprint density at radius 3 is 2.23 bits per heavy atom. The Morgan fingerprint density at radius 1 is 1.00 bits per heavy atom. The van der Waals surface area contributed by atoms with Crippen molar-refractivity contribution >= 4 is 15.9 Å². The molecule has 3 rings (SSSR count). The zero-order chi connectivity index (χ0) is 22.4. The number of nitrogens with zero attached hydrogens (tertiary/aromatic N) is 3. The van der Waals surface area contributed by atoms with Gasteiger partial charge in [-0.3, -0.25) is 4.79 Å². The summed E-state index contributed by atoms with van der Waals surface area (Å²) in [5.74, 6) is -0.106. The van der Waals surface area contributed by atoms with Crippen LogP contribution in [0.3, 0.4) is 0 Å². The van der Waals surface area contributed by atoms with Gasteiger partial charge in [0, 0.05) is 32.7 Å². The van der Waals surface area contributed by atoms with E-state index in [1.807, 2.05) is 32.9 Å². The molecule has 0 saturated carbocycles. The van der Waals surface area contributed by atoms with Crippen molar-refractivity contribution in [2.45, 2.75) is 51.3 Å². The standard InChI is InChI=1S/C23H38N4O3S/c1-19-16-20(2)23(21(3)17-19)31(29,30)27(13-7-12-25-10-5-4-6-11-25)18-22(28)26-14-8-24-9-15-26/h16-17,24H,4-15,18H2,1-3H3. The fourth-order valence-electron chi connectivity index (χ4n) is 4.81. The van der Waals surface area contributed by atoms with E-state index in [2.05, 4.69) is 10.2 Å². The lowest BCUT2D eigenvalue weighted by molar-refractivity contribution is -0.132. The molecule has 7 nitrogen and oxygen atoms in total. The second-order valence-corrected chi connectivity index (χ2v) is 10.8. The maximum atomic E-state index is 13.7. The number of piperidine rings is 1. The first kappa shape index (κ1) is 24.2. The molecule has 2 heterocycles. The zero-order valence-corrected chi connectivity index (χ0v) is 20.1. The van der Waals surface area contributed by atoms with Gasteiger partial charge in [0.2, 0.25) is 15.9 Å². The summed E-state index contributed by atoms with van der Waals surface area (Å²) in [5, 5.41) is 3.24. The minimum absolute atomic E-state index is 0.0882. The average molecular weight is 451 g/mol. The van der Waals surface area contributed by atoms with Crippen LogP contribution in [0.1, 0.15) is 42.4 Å². The number of nitrogens with one attached hydrogen (secondary N) is 1. The number of piperazine rings is 1. The molecule has 0 aliphatic carbocycles. The molecule has 0 atom stereocenters. The van der Waals surface area contributed by atoms with Gasteiger partial charge >= 0.3 is 0 Å². The minimum atomic E-state index is -3.76. The number of sulfonamides is 1. The van der Waals surface area contributed by atoms with E-state index in [1.165, 1.54) is 23.6 Å². The van der Waals surface area contributed by atoms with Crippen molar-refractivity contribution in [2.75, 3.05) is 58.9 Å². The Balaban J connectivity index is 1.78. The van der Waals surface area contributed by atoms with Crippen LogP contribution < -0.4 is 5.32 Å². The van der Waals surface area contributed by atoms with Crippen LogP contribution in [0.2, 0.25) is 0 Å². The largest absolute Gasteiger partial charge is 0.339 e. The molecule has 0 aromatic heterocycles. The van der Waals surface area contributed by atoms with Crippen LogP contribution in [0.15, 0.2) is 17.0 Å². The Kier molecular flexibility index (Phi) is 8.50. The number of rotatable bonds is 8. The van der Waals surface area contributed by atoms with Crippen molar-refractivity contribution in [3.05, 3.63) is 28.8 Å². The lowest BCUT2D eigenvalue weighted by atomic mass is 10.1. The van der Waals surface area contributed by atoms with Gasteiger partial charge in [0.05, 0.1) is 11.4 Å². The third-order valence-corrected chi connectivity index (χ3v) is 8.47. The van der Waals surface area contributed by atoms with Crippen LogP contribution in [0, 0.1) is 20.8 Å². The maximum absolute atomic E-state index is 13.7. The van der Waals surface area contributed by atoms with Crippen molar-refractivity contribution < 1.29 is 13.2 Å². The average Bonchev–Trinajstić information content (AvgIpc) is 2.73. The Labute approximate surface area is 187 Å². The van der Waals surface area contributed by atoms with Gasteiger partial charge in [0.25, 0.3) is 0 Å². The molecule has 31 heavy (non-hydrogen) atoms. The van der Waals surface area contributed by atoms with E-state index in [0.717, 1.165) is 55.8 Å². The summed E-state index contributed by atoms with van der Waals surface area (Å²) in [4.78, 5) is 17.5. The van der Waals surface area contributed by atoms with Crippen LogP contribution >= 0.6 is 0 Å². The molecule has 2 fully saturated rings. The van der Waals surface area contributed by atoms with Gasteiger partial charge in [0.1, 0.15) is 0 Å². The van der Waals surface area contributed by atoms with Gasteiger partial charge in [-0.15, -0.1) is 0 Å². The highest BCUT2D eigenvalue weighted by atomic mass is 32.2. The number of aryl methyl sites for hydroxylation is 3. The maximum Gasteiger partial charge on any atom is 0.244 e. The molecule has 174 valence electrons. The quantitative estimate of drug-likeness (QED) is 0.655. The lowest BCUT2D eigenvalue weighted by Gasteiger charge is -2.31. The molecule has 2 saturated heterocycles. The first-order valence-corrected chi connectivity index (χ1v) is 13.0. The molecule has 1 aromatic rings. The summed E-state index contributed by atoms with van der Waals surface area (Å²) in [6.07, 6.45) is 4.44. The second-order valence-electron chi connectivity index (χ2n) is 8.95. The molecule has 1 amide bonds. The molecular formula is C23H38N4O3S. The van der Waals surface area contributed by atoms with Crippen molar-refractivity contribution in [1.82, 2.24) is 19.4 Å². The summed E-state index contributed by atoms with van der Waals surface area (Å²) in [6, 6.07) is 3.81. The summed E-state index contributed by atoms with van der Waals surface area (Å²) in [5.41, 5.74) is 2.53. The SMILES string of the molecule is Cc1cc(C)c(S(=O)(=O)N(CCCN2CCCCC2)CC(=O)N2CCNCC2)c(C)c1. The second kappa shape index (κ2) is 10.9. The van der Waals surface area contributed by atoms with Crippen molar-refractivity contribution in [3.63, 3.8) is 0 Å². The summed E-state index contributed by atoms with van der Waals surface area (Å²) in [6.45, 7) is 11.7. The van der Waals surface area contributed by atoms with Gasteiger partial charge in [-0.1, -0.05) is 24.1 Å². The fourth-order valence-corrected chi connectivity index (χ4v) is 6.65. The summed E-state index contributed by atoms with van der Waals surface area (Å²) < 4.78 is 28.9. The topological polar surface area (TPSA) is 73.0 Å². The van der Waals surface area contributed by atoms with E-state index < -0.39 is 10.0 Å². The van der Waals surface area contributed by atoms with Gasteiger partial charge in [-0.2, -0.15) is 4.31 Å². The smallest absolute Gasteiger partial charge is 0.244 e. The lowest BCUT2D eigenvalue weighted by Crippen LogP contribution is -2.50. The van der Waals surface area contributed by atoms with E-state index in [1.54, 1.807) is 4.90 Å². The number of hydrogen-bond acceptors (Lipinski definition) is 5. The summed E-state index contributed by atoms with van der Waals surface area (Å²) in [7, 11) is -3.76. The Bertz CT molecular complexity index is 837. The third kappa shape index (κ3) is 6.28. The van der Waals surface area contributed by atoms with Crippen LogP contribution in [0.5, 0.6) is 0 Å². The molecule has 1 aromatic carbocycles. The first-order chi connectivity index (χ1) is 14.8. The van der Waals surface area contributed by atoms with Crippen molar-refractivity contribution in [1.29, 1.82) is 0 Å². The molecule has 0 spiro atoms. The van der Waals surface area contributed by atoms with E-state index in [4.69, 9.17) is 0 Å². The molecule has 0 radical (unpaired) electrons. The van der Waals surface area contributed by atoms with Gasteiger partial charge in [-0.05, 0) is 70.8 Å². The van der Waals surface area contributed by atoms with E-state index in [9.17, 15) is 13.2 Å². The van der Waals surface area contributed by atoms with E-state index in [0.29, 0.717) is 24.5 Å². The number of hydrogen-bond donors (Lipinski definition) is 1. The first-order valence-electron chi connectivity index (χ1n) is 11.6. The Hall–Kier alpha value is -1.48. The molecule has 2 aliphatic rings. The number of amides is 1. The highest BCUT2D eigenvalue weighted by Gasteiger charge is 2.31. The molecule has 2 aliphatic heterocycles. The zero-order valence-electron chi connectivity index (χ0n) is 19.3. The normalized spacial score (nSPS) is 18.5. The number of benzene rings is 1. The van der Waals surface area contributed by atoms with Crippen LogP contribution in [-0.2, 0) is 14.8 Å². The monoisotopic (exact) mass is 450 g/mol. The van der Waals surface area contributed by atoms with Gasteiger partial charge < -0.3 is 15.1 Å². The highest BCUT2D eigenvalue weighted by molar-refractivity contribution is 7.89. The van der Waals surface area contributed by atoms with Crippen LogP contribution in [0.4, 0.5) is 0 Å². The van der Waals surface area contributed by atoms with E-state index in [-0.39, 0.29) is 12.5 Å². The molecule has 1 N–H and O–H groups in total. The van der Waals surface area contributed by atoms with Crippen molar-refractivity contribution in [3.8, 4) is 0 Å². The molecular weight excluding hydrogens is 412 g/mol. The minimum Gasteiger partial charge on any atom is -0.339 e. The van der Waals surface area contributed by atoms with E-state index >= 15 is 0 Å². The molecule has 0 bridgehead atoms. The number of carbonyl (C=O) groups is 1. The number of likely N-dealkylation sites (tertiary alicyclic amines) is 1. The van der Waals surface area contributed by atoms with Crippen molar-refractivity contribution in [2.24, 2.45) is 0 Å². The van der Waals surface area contributed by atoms with Crippen LogP contribution in [-0.4, -0.2) is 87.3 Å². The Morgan fingerprint density at radius 2 is 1.61 bits per heavy atom. The van der Waals surface area contributed by atoms with Gasteiger partial charge in [0.15, 0.2) is 0 Å². The predicted molar refractivity (Wildman–Crippen MR) is 124 cm³/mol.